The van der Waals surface area contributed by atoms with Crippen LogP contribution in [0.2, 0.25) is 0 Å². The standard InChI is InChI=1S/C12H16O6/c1-11-5(9(13)15-3)6(10(14)16-4)12(2,18-11)8-7(11)17-8/h5-8H,1-4H3/t5-,6+,7-,8+,11-,12-/m1/s1. The van der Waals surface area contributed by atoms with Crippen LogP contribution in [0.3, 0.4) is 0 Å². The number of ether oxygens (including phenoxy) is 4. The number of hydrogen-bond acceptors (Lipinski definition) is 6. The Kier molecular flexibility index (Phi) is 2.15. The van der Waals surface area contributed by atoms with Crippen LogP contribution in [0.25, 0.3) is 0 Å². The van der Waals surface area contributed by atoms with Gasteiger partial charge in [0.05, 0.1) is 14.2 Å². The number of methoxy groups -OCH3 is 2. The molecule has 6 heteroatoms. The molecule has 0 aromatic carbocycles. The molecule has 0 radical (unpaired) electrons. The molecule has 0 spiro atoms. The summed E-state index contributed by atoms with van der Waals surface area (Å²) in [5.74, 6) is -2.26. The Morgan fingerprint density at radius 2 is 1.33 bits per heavy atom. The van der Waals surface area contributed by atoms with Gasteiger partial charge in [-0.3, -0.25) is 9.59 Å². The zero-order valence-corrected chi connectivity index (χ0v) is 10.8. The van der Waals surface area contributed by atoms with Crippen LogP contribution in [0.4, 0.5) is 0 Å². The zero-order chi connectivity index (χ0) is 13.3. The summed E-state index contributed by atoms with van der Waals surface area (Å²) in [6.07, 6.45) is -0.264. The van der Waals surface area contributed by atoms with Gasteiger partial charge in [-0.05, 0) is 13.8 Å². The van der Waals surface area contributed by atoms with Crippen LogP contribution < -0.4 is 0 Å². The maximum atomic E-state index is 12.0. The lowest BCUT2D eigenvalue weighted by atomic mass is 9.67. The number of carbonyl (C=O) groups excluding carboxylic acids is 2. The fraction of sp³-hybridized carbons (Fsp3) is 0.833. The van der Waals surface area contributed by atoms with E-state index in [4.69, 9.17) is 18.9 Å². The second kappa shape index (κ2) is 3.24. The fourth-order valence-electron chi connectivity index (χ4n) is 3.71. The molecule has 18 heavy (non-hydrogen) atoms. The van der Waals surface area contributed by atoms with E-state index in [2.05, 4.69) is 0 Å². The quantitative estimate of drug-likeness (QED) is 0.507. The first kappa shape index (κ1) is 11.9. The summed E-state index contributed by atoms with van der Waals surface area (Å²) in [7, 11) is 2.61. The highest BCUT2D eigenvalue weighted by Gasteiger charge is 2.83. The molecule has 3 saturated heterocycles. The van der Waals surface area contributed by atoms with E-state index < -0.39 is 35.0 Å². The Morgan fingerprint density at radius 1 is 0.944 bits per heavy atom. The van der Waals surface area contributed by atoms with E-state index in [1.54, 1.807) is 13.8 Å². The summed E-state index contributed by atoms with van der Waals surface area (Å²) in [4.78, 5) is 24.0. The van der Waals surface area contributed by atoms with Gasteiger partial charge in [0.25, 0.3) is 0 Å². The van der Waals surface area contributed by atoms with Gasteiger partial charge >= 0.3 is 11.9 Å². The van der Waals surface area contributed by atoms with Gasteiger partial charge < -0.3 is 18.9 Å². The monoisotopic (exact) mass is 256 g/mol. The molecule has 0 saturated carbocycles. The van der Waals surface area contributed by atoms with E-state index in [1.165, 1.54) is 14.2 Å². The highest BCUT2D eigenvalue weighted by molar-refractivity contribution is 5.86. The van der Waals surface area contributed by atoms with Crippen molar-refractivity contribution >= 4 is 11.9 Å². The van der Waals surface area contributed by atoms with Crippen LogP contribution in [0.15, 0.2) is 0 Å². The van der Waals surface area contributed by atoms with Gasteiger partial charge in [0.2, 0.25) is 0 Å². The van der Waals surface area contributed by atoms with Gasteiger partial charge in [0.1, 0.15) is 35.2 Å². The van der Waals surface area contributed by atoms with Gasteiger partial charge in [0.15, 0.2) is 0 Å². The second-order valence-electron chi connectivity index (χ2n) is 5.45. The number of epoxide rings is 1. The van der Waals surface area contributed by atoms with Gasteiger partial charge in [-0.1, -0.05) is 0 Å². The maximum Gasteiger partial charge on any atom is 0.312 e. The lowest BCUT2D eigenvalue weighted by Crippen LogP contribution is -2.51. The summed E-state index contributed by atoms with van der Waals surface area (Å²) in [6, 6.07) is 0. The van der Waals surface area contributed by atoms with Crippen molar-refractivity contribution in [3.63, 3.8) is 0 Å². The van der Waals surface area contributed by atoms with E-state index in [0.717, 1.165) is 0 Å². The lowest BCUT2D eigenvalue weighted by Gasteiger charge is -2.29. The predicted octanol–water partition coefficient (Wildman–Crippen LogP) is -0.107. The van der Waals surface area contributed by atoms with Crippen LogP contribution in [0.1, 0.15) is 13.8 Å². The van der Waals surface area contributed by atoms with E-state index in [-0.39, 0.29) is 12.2 Å². The average molecular weight is 256 g/mol. The minimum Gasteiger partial charge on any atom is -0.469 e. The molecule has 3 heterocycles. The predicted molar refractivity (Wildman–Crippen MR) is 57.6 cm³/mol. The molecule has 0 amide bonds. The molecule has 3 aliphatic rings. The van der Waals surface area contributed by atoms with E-state index in [9.17, 15) is 9.59 Å². The fourth-order valence-corrected chi connectivity index (χ4v) is 3.71. The van der Waals surface area contributed by atoms with Gasteiger partial charge in [0, 0.05) is 0 Å². The molecule has 3 fully saturated rings. The normalized spacial score (nSPS) is 51.8. The highest BCUT2D eigenvalue weighted by atomic mass is 16.7. The number of fused-ring (bicyclic) bond motifs is 5. The Hall–Kier alpha value is -1.14. The van der Waals surface area contributed by atoms with Crippen molar-refractivity contribution < 1.29 is 28.5 Å². The Labute approximate surface area is 105 Å². The minimum atomic E-state index is -0.800. The Balaban J connectivity index is 2.05. The summed E-state index contributed by atoms with van der Waals surface area (Å²) in [6.45, 7) is 3.60. The van der Waals surface area contributed by atoms with Crippen molar-refractivity contribution in [1.29, 1.82) is 0 Å². The van der Waals surface area contributed by atoms with E-state index >= 15 is 0 Å². The Morgan fingerprint density at radius 3 is 1.67 bits per heavy atom. The third kappa shape index (κ3) is 1.10. The molecule has 6 atom stereocenters. The van der Waals surface area contributed by atoms with Crippen molar-refractivity contribution in [1.82, 2.24) is 0 Å². The van der Waals surface area contributed by atoms with Crippen LogP contribution in [-0.2, 0) is 28.5 Å². The number of carbonyl (C=O) groups is 2. The maximum absolute atomic E-state index is 12.0. The SMILES string of the molecule is COC(=O)[C@@H]1[C@H](C(=O)OC)[C@@]2(C)O[C@@]1(C)[C@H]1O[C@H]12. The van der Waals surface area contributed by atoms with Crippen molar-refractivity contribution in [3.05, 3.63) is 0 Å². The molecule has 0 aromatic rings. The van der Waals surface area contributed by atoms with Gasteiger partial charge in [-0.2, -0.15) is 0 Å². The van der Waals surface area contributed by atoms with Crippen LogP contribution in [0, 0.1) is 11.8 Å². The first-order chi connectivity index (χ1) is 8.40. The van der Waals surface area contributed by atoms with Crippen molar-refractivity contribution in [2.75, 3.05) is 14.2 Å². The van der Waals surface area contributed by atoms with Gasteiger partial charge in [-0.15, -0.1) is 0 Å². The van der Waals surface area contributed by atoms with Crippen LogP contribution in [-0.4, -0.2) is 49.6 Å². The number of hydrogen-bond donors (Lipinski definition) is 0. The third-order valence-corrected chi connectivity index (χ3v) is 4.54. The first-order valence-corrected chi connectivity index (χ1v) is 5.91. The Bertz CT molecular complexity index is 396. The molecular formula is C12H16O6. The smallest absolute Gasteiger partial charge is 0.312 e. The van der Waals surface area contributed by atoms with Gasteiger partial charge in [-0.25, -0.2) is 0 Å². The molecular weight excluding hydrogens is 240 g/mol. The third-order valence-electron chi connectivity index (χ3n) is 4.54. The largest absolute Gasteiger partial charge is 0.469 e. The molecule has 0 N–H and O–H groups in total. The van der Waals surface area contributed by atoms with E-state index in [0.29, 0.717) is 0 Å². The molecule has 0 aliphatic carbocycles. The first-order valence-electron chi connectivity index (χ1n) is 5.91. The van der Waals surface area contributed by atoms with Crippen molar-refractivity contribution in [3.8, 4) is 0 Å². The minimum absolute atomic E-state index is 0.132. The number of esters is 2. The summed E-state index contributed by atoms with van der Waals surface area (Å²) in [5.41, 5.74) is -1.60. The summed E-state index contributed by atoms with van der Waals surface area (Å²) < 4.78 is 21.1. The van der Waals surface area contributed by atoms with E-state index in [1.807, 2.05) is 0 Å². The van der Waals surface area contributed by atoms with Crippen LogP contribution in [0.5, 0.6) is 0 Å². The average Bonchev–Trinajstić information content (AvgIpc) is 3.07. The molecule has 100 valence electrons. The second-order valence-corrected chi connectivity index (χ2v) is 5.45. The molecule has 3 aliphatic heterocycles. The topological polar surface area (TPSA) is 74.4 Å². The lowest BCUT2D eigenvalue weighted by molar-refractivity contribution is -0.160. The molecule has 0 aromatic heterocycles. The highest BCUT2D eigenvalue weighted by Crippen LogP contribution is 2.66. The molecule has 2 bridgehead atoms. The van der Waals surface area contributed by atoms with Crippen LogP contribution >= 0.6 is 0 Å². The summed E-state index contributed by atoms with van der Waals surface area (Å²) in [5, 5.41) is 0. The zero-order valence-electron chi connectivity index (χ0n) is 10.8. The molecule has 0 unspecified atom stereocenters. The van der Waals surface area contributed by atoms with Crippen molar-refractivity contribution in [2.45, 2.75) is 37.3 Å². The van der Waals surface area contributed by atoms with Crippen molar-refractivity contribution in [2.24, 2.45) is 11.8 Å². The summed E-state index contributed by atoms with van der Waals surface area (Å²) >= 11 is 0. The number of rotatable bonds is 2. The molecule has 3 rings (SSSR count). The molecule has 6 nitrogen and oxygen atoms in total.